The Labute approximate surface area is 161 Å². The van der Waals surface area contributed by atoms with Gasteiger partial charge in [-0.1, -0.05) is 30.3 Å². The number of carbonyl (C=O) groups excluding carboxylic acids is 2. The number of amides is 2. The molecule has 0 aromatic heterocycles. The molecule has 1 aliphatic heterocycles. The Balaban J connectivity index is 1.93. The van der Waals surface area contributed by atoms with Crippen LogP contribution in [0.2, 0.25) is 0 Å². The Morgan fingerprint density at radius 1 is 1.15 bits per heavy atom. The lowest BCUT2D eigenvalue weighted by Gasteiger charge is -2.35. The van der Waals surface area contributed by atoms with Crippen molar-refractivity contribution in [2.75, 3.05) is 16.3 Å². The van der Waals surface area contributed by atoms with Crippen LogP contribution in [0.1, 0.15) is 38.8 Å². The van der Waals surface area contributed by atoms with Crippen molar-refractivity contribution in [1.82, 2.24) is 0 Å². The molecule has 0 N–H and O–H groups in total. The van der Waals surface area contributed by atoms with Gasteiger partial charge in [0.15, 0.2) is 0 Å². The molecule has 0 fully saturated rings. The van der Waals surface area contributed by atoms with Crippen LogP contribution >= 0.6 is 0 Å². The molecule has 4 heteroatoms. The van der Waals surface area contributed by atoms with Crippen molar-refractivity contribution < 1.29 is 9.59 Å². The molecule has 1 aliphatic rings. The zero-order chi connectivity index (χ0) is 19.8. The van der Waals surface area contributed by atoms with Gasteiger partial charge in [-0.05, 0) is 70.4 Å². The lowest BCUT2D eigenvalue weighted by Crippen LogP contribution is -2.52. The summed E-state index contributed by atoms with van der Waals surface area (Å²) in [5.74, 6) is -0.312. The third-order valence-corrected chi connectivity index (χ3v) is 5.37. The largest absolute Gasteiger partial charge is 0.312 e. The molecule has 4 nitrogen and oxygen atoms in total. The van der Waals surface area contributed by atoms with Crippen molar-refractivity contribution in [3.05, 3.63) is 59.7 Å². The lowest BCUT2D eigenvalue weighted by atomic mass is 9.88. The van der Waals surface area contributed by atoms with Crippen molar-refractivity contribution in [3.8, 4) is 0 Å². The molecule has 0 radical (unpaired) electrons. The summed E-state index contributed by atoms with van der Waals surface area (Å²) in [7, 11) is 0. The second-order valence-electron chi connectivity index (χ2n) is 7.87. The van der Waals surface area contributed by atoms with Gasteiger partial charge in [0, 0.05) is 24.0 Å². The van der Waals surface area contributed by atoms with Gasteiger partial charge in [0.2, 0.25) is 11.8 Å². The average Bonchev–Trinajstić information content (AvgIpc) is 2.97. The molecule has 2 aromatic rings. The van der Waals surface area contributed by atoms with E-state index in [1.165, 1.54) is 0 Å². The molecular formula is C23H28N2O2. The van der Waals surface area contributed by atoms with Crippen LogP contribution in [0.25, 0.3) is 0 Å². The molecule has 1 atom stereocenters. The molecule has 2 aromatic carbocycles. The Bertz CT molecular complexity index is 872. The number of hydrogen-bond donors (Lipinski definition) is 0. The molecule has 2 amide bonds. The SMILES string of the molecule is CCN(C(=O)C(C)(C)C(=O)N1c2ccccc2CC1C)c1cccc(C)c1. The smallest absolute Gasteiger partial charge is 0.242 e. The zero-order valence-corrected chi connectivity index (χ0v) is 16.8. The Morgan fingerprint density at radius 2 is 1.85 bits per heavy atom. The maximum atomic E-state index is 13.5. The monoisotopic (exact) mass is 364 g/mol. The molecule has 0 saturated carbocycles. The number of hydrogen-bond acceptors (Lipinski definition) is 2. The molecule has 0 bridgehead atoms. The Hall–Kier alpha value is -2.62. The minimum atomic E-state index is -1.15. The van der Waals surface area contributed by atoms with E-state index >= 15 is 0 Å². The minimum absolute atomic E-state index is 0.0519. The molecule has 27 heavy (non-hydrogen) atoms. The average molecular weight is 364 g/mol. The van der Waals surface area contributed by atoms with E-state index in [0.717, 1.165) is 28.9 Å². The van der Waals surface area contributed by atoms with Crippen molar-refractivity contribution >= 4 is 23.2 Å². The van der Waals surface area contributed by atoms with Crippen LogP contribution in [0.5, 0.6) is 0 Å². The number of aryl methyl sites for hydroxylation is 1. The van der Waals surface area contributed by atoms with Crippen molar-refractivity contribution in [3.63, 3.8) is 0 Å². The molecule has 142 valence electrons. The van der Waals surface area contributed by atoms with E-state index in [-0.39, 0.29) is 17.9 Å². The van der Waals surface area contributed by atoms with Gasteiger partial charge in [-0.15, -0.1) is 0 Å². The number of carbonyl (C=O) groups is 2. The molecule has 1 heterocycles. The predicted molar refractivity (Wildman–Crippen MR) is 110 cm³/mol. The standard InChI is InChI=1S/C23H28N2O2/c1-6-24(19-12-9-10-16(2)14-19)21(26)23(4,5)22(27)25-17(3)15-18-11-7-8-13-20(18)25/h7-14,17H,6,15H2,1-5H3. The maximum Gasteiger partial charge on any atom is 0.242 e. The van der Waals surface area contributed by atoms with Gasteiger partial charge < -0.3 is 9.80 Å². The highest BCUT2D eigenvalue weighted by Crippen LogP contribution is 2.36. The summed E-state index contributed by atoms with van der Waals surface area (Å²) in [5.41, 5.74) is 2.86. The first-order valence-electron chi connectivity index (χ1n) is 9.57. The van der Waals surface area contributed by atoms with E-state index < -0.39 is 5.41 Å². The van der Waals surface area contributed by atoms with Crippen LogP contribution in [0.15, 0.2) is 48.5 Å². The van der Waals surface area contributed by atoms with E-state index in [0.29, 0.717) is 6.54 Å². The number of benzene rings is 2. The fraction of sp³-hybridized carbons (Fsp3) is 0.391. The summed E-state index contributed by atoms with van der Waals surface area (Å²) in [4.78, 5) is 30.4. The van der Waals surface area contributed by atoms with E-state index in [1.807, 2.05) is 63.2 Å². The maximum absolute atomic E-state index is 13.5. The Morgan fingerprint density at radius 3 is 2.52 bits per heavy atom. The second-order valence-corrected chi connectivity index (χ2v) is 7.87. The van der Waals surface area contributed by atoms with Crippen LogP contribution in [0.3, 0.4) is 0 Å². The fourth-order valence-corrected chi connectivity index (χ4v) is 3.84. The summed E-state index contributed by atoms with van der Waals surface area (Å²) < 4.78 is 0. The van der Waals surface area contributed by atoms with Gasteiger partial charge in [0.05, 0.1) is 0 Å². The first-order chi connectivity index (χ1) is 12.8. The van der Waals surface area contributed by atoms with E-state index in [9.17, 15) is 9.59 Å². The number of rotatable bonds is 4. The van der Waals surface area contributed by atoms with Crippen molar-refractivity contribution in [2.45, 2.75) is 47.1 Å². The van der Waals surface area contributed by atoms with Crippen molar-refractivity contribution in [1.29, 1.82) is 0 Å². The normalized spacial score (nSPS) is 16.2. The third-order valence-electron chi connectivity index (χ3n) is 5.37. The molecule has 3 rings (SSSR count). The van der Waals surface area contributed by atoms with Crippen LogP contribution in [-0.4, -0.2) is 24.4 Å². The van der Waals surface area contributed by atoms with E-state index in [2.05, 4.69) is 6.07 Å². The zero-order valence-electron chi connectivity index (χ0n) is 16.8. The minimum Gasteiger partial charge on any atom is -0.312 e. The highest BCUT2D eigenvalue weighted by molar-refractivity contribution is 6.16. The highest BCUT2D eigenvalue weighted by atomic mass is 16.2. The number of anilines is 2. The third kappa shape index (κ3) is 3.36. The van der Waals surface area contributed by atoms with Gasteiger partial charge in [-0.2, -0.15) is 0 Å². The predicted octanol–water partition coefficient (Wildman–Crippen LogP) is 4.35. The van der Waals surface area contributed by atoms with Crippen LogP contribution in [0, 0.1) is 12.3 Å². The number of nitrogens with zero attached hydrogens (tertiary/aromatic N) is 2. The van der Waals surface area contributed by atoms with Gasteiger partial charge in [0.1, 0.15) is 5.41 Å². The van der Waals surface area contributed by atoms with Crippen LogP contribution in [-0.2, 0) is 16.0 Å². The lowest BCUT2D eigenvalue weighted by molar-refractivity contribution is -0.138. The topological polar surface area (TPSA) is 40.6 Å². The second kappa shape index (κ2) is 7.18. The first kappa shape index (κ1) is 19.2. The van der Waals surface area contributed by atoms with Gasteiger partial charge in [-0.25, -0.2) is 0 Å². The summed E-state index contributed by atoms with van der Waals surface area (Å²) in [6.45, 7) is 9.98. The quantitative estimate of drug-likeness (QED) is 0.757. The number of fused-ring (bicyclic) bond motifs is 1. The fourth-order valence-electron chi connectivity index (χ4n) is 3.84. The summed E-state index contributed by atoms with van der Waals surface area (Å²) in [6, 6.07) is 15.8. The summed E-state index contributed by atoms with van der Waals surface area (Å²) >= 11 is 0. The van der Waals surface area contributed by atoms with Gasteiger partial charge in [0.25, 0.3) is 0 Å². The first-order valence-corrected chi connectivity index (χ1v) is 9.57. The van der Waals surface area contributed by atoms with Crippen molar-refractivity contribution in [2.24, 2.45) is 5.41 Å². The molecule has 0 saturated heterocycles. The molecular weight excluding hydrogens is 336 g/mol. The van der Waals surface area contributed by atoms with Crippen LogP contribution in [0.4, 0.5) is 11.4 Å². The molecule has 0 spiro atoms. The number of para-hydroxylation sites is 1. The van der Waals surface area contributed by atoms with Gasteiger partial charge in [-0.3, -0.25) is 9.59 Å². The summed E-state index contributed by atoms with van der Waals surface area (Å²) in [6.07, 6.45) is 0.821. The van der Waals surface area contributed by atoms with Crippen LogP contribution < -0.4 is 9.80 Å². The van der Waals surface area contributed by atoms with E-state index in [4.69, 9.17) is 0 Å². The highest BCUT2D eigenvalue weighted by Gasteiger charge is 2.45. The summed E-state index contributed by atoms with van der Waals surface area (Å²) in [5, 5.41) is 0. The molecule has 1 unspecified atom stereocenters. The Kier molecular flexibility index (Phi) is 5.09. The molecule has 0 aliphatic carbocycles. The van der Waals surface area contributed by atoms with E-state index in [1.54, 1.807) is 23.6 Å². The van der Waals surface area contributed by atoms with Gasteiger partial charge >= 0.3 is 0 Å².